The number of aryl methyl sites for hydroxylation is 1. The van der Waals surface area contributed by atoms with Crippen LogP contribution < -0.4 is 5.32 Å². The van der Waals surface area contributed by atoms with Gasteiger partial charge < -0.3 is 15.2 Å². The zero-order valence-electron chi connectivity index (χ0n) is 19.5. The Hall–Kier alpha value is -4.13. The van der Waals surface area contributed by atoms with Crippen molar-refractivity contribution in [3.8, 4) is 0 Å². The van der Waals surface area contributed by atoms with E-state index in [2.05, 4.69) is 30.4 Å². The van der Waals surface area contributed by atoms with Gasteiger partial charge in [-0.1, -0.05) is 50.4 Å². The Bertz CT molecular complexity index is 1270. The summed E-state index contributed by atoms with van der Waals surface area (Å²) in [4.78, 5) is 31.1. The molecule has 7 heteroatoms. The number of hydrogen-bond acceptors (Lipinski definition) is 3. The standard InChI is InChI=1S/C27H29N5O2/c1-5-6-9-19(3)15-32-25-20(4)16-31(27(34)23-12-8-13-28-23)17-22(25)24(30-32)26(33)29-21-11-7-10-18(2)14-21/h5-14,20,28H,1,3,15-17H2,2,4H3,(H,29,33)/b9-6-/t20-/m1/s1. The van der Waals surface area contributed by atoms with Crippen molar-refractivity contribution in [2.24, 2.45) is 0 Å². The number of rotatable bonds is 7. The van der Waals surface area contributed by atoms with Crippen LogP contribution in [0.25, 0.3) is 0 Å². The summed E-state index contributed by atoms with van der Waals surface area (Å²) < 4.78 is 1.84. The van der Waals surface area contributed by atoms with E-state index < -0.39 is 0 Å². The number of allylic oxidation sites excluding steroid dienone is 4. The normalized spacial score (nSPS) is 15.2. The van der Waals surface area contributed by atoms with Crippen molar-refractivity contribution in [1.29, 1.82) is 0 Å². The summed E-state index contributed by atoms with van der Waals surface area (Å²) in [6.45, 7) is 13.1. The number of nitrogens with one attached hydrogen (secondary N) is 2. The highest BCUT2D eigenvalue weighted by molar-refractivity contribution is 6.04. The van der Waals surface area contributed by atoms with Crippen LogP contribution in [0.3, 0.4) is 0 Å². The van der Waals surface area contributed by atoms with Crippen molar-refractivity contribution in [3.63, 3.8) is 0 Å². The van der Waals surface area contributed by atoms with E-state index in [0.29, 0.717) is 36.7 Å². The Morgan fingerprint density at radius 2 is 2.12 bits per heavy atom. The molecule has 7 nitrogen and oxygen atoms in total. The maximum atomic E-state index is 13.3. The van der Waals surface area contributed by atoms with Crippen LogP contribution in [0.4, 0.5) is 5.69 Å². The van der Waals surface area contributed by atoms with Crippen molar-refractivity contribution in [2.75, 3.05) is 11.9 Å². The molecule has 3 aromatic rings. The fourth-order valence-electron chi connectivity index (χ4n) is 4.35. The van der Waals surface area contributed by atoms with Gasteiger partial charge >= 0.3 is 0 Å². The first kappa shape index (κ1) is 23.0. The molecule has 34 heavy (non-hydrogen) atoms. The molecule has 1 aromatic carbocycles. The van der Waals surface area contributed by atoms with Crippen LogP contribution >= 0.6 is 0 Å². The fourth-order valence-corrected chi connectivity index (χ4v) is 4.35. The highest BCUT2D eigenvalue weighted by atomic mass is 16.2. The van der Waals surface area contributed by atoms with Crippen molar-refractivity contribution in [1.82, 2.24) is 19.7 Å². The van der Waals surface area contributed by atoms with E-state index in [1.165, 1.54) is 0 Å². The molecule has 0 spiro atoms. The summed E-state index contributed by atoms with van der Waals surface area (Å²) in [6, 6.07) is 11.2. The third-order valence-electron chi connectivity index (χ3n) is 5.83. The molecule has 0 bridgehead atoms. The second-order valence-electron chi connectivity index (χ2n) is 8.62. The molecule has 1 atom stereocenters. The molecule has 1 aliphatic rings. The Kier molecular flexibility index (Phi) is 6.63. The fraction of sp³-hybridized carbons (Fsp3) is 0.222. The number of carbonyl (C=O) groups is 2. The average molecular weight is 456 g/mol. The van der Waals surface area contributed by atoms with Gasteiger partial charge in [-0.05, 0) is 42.3 Å². The number of benzene rings is 1. The molecule has 3 heterocycles. The number of amides is 2. The molecular weight excluding hydrogens is 426 g/mol. The van der Waals surface area contributed by atoms with Crippen LogP contribution in [-0.2, 0) is 13.1 Å². The van der Waals surface area contributed by atoms with Crippen LogP contribution in [0.1, 0.15) is 50.6 Å². The van der Waals surface area contributed by atoms with Gasteiger partial charge in [-0.2, -0.15) is 5.10 Å². The molecule has 0 unspecified atom stereocenters. The smallest absolute Gasteiger partial charge is 0.276 e. The Balaban J connectivity index is 1.70. The van der Waals surface area contributed by atoms with Crippen LogP contribution in [-0.4, -0.2) is 38.0 Å². The first-order chi connectivity index (χ1) is 16.4. The quantitative estimate of drug-likeness (QED) is 0.501. The Morgan fingerprint density at radius 1 is 1.29 bits per heavy atom. The minimum atomic E-state index is -0.297. The molecule has 2 N–H and O–H groups in total. The van der Waals surface area contributed by atoms with Gasteiger partial charge in [0.15, 0.2) is 5.69 Å². The minimum absolute atomic E-state index is 0.00753. The molecule has 0 radical (unpaired) electrons. The zero-order chi connectivity index (χ0) is 24.2. The Labute approximate surface area is 199 Å². The van der Waals surface area contributed by atoms with Gasteiger partial charge in [0.25, 0.3) is 11.8 Å². The summed E-state index contributed by atoms with van der Waals surface area (Å²) in [5.41, 5.74) is 5.17. The predicted molar refractivity (Wildman–Crippen MR) is 134 cm³/mol. The molecule has 1 aliphatic heterocycles. The molecule has 0 saturated carbocycles. The van der Waals surface area contributed by atoms with Crippen LogP contribution in [0.5, 0.6) is 0 Å². The van der Waals surface area contributed by atoms with Crippen molar-refractivity contribution < 1.29 is 9.59 Å². The van der Waals surface area contributed by atoms with Gasteiger partial charge in [0.2, 0.25) is 0 Å². The van der Waals surface area contributed by atoms with Crippen molar-refractivity contribution in [3.05, 3.63) is 108 Å². The lowest BCUT2D eigenvalue weighted by Gasteiger charge is -2.32. The summed E-state index contributed by atoms with van der Waals surface area (Å²) in [5, 5.41) is 7.67. The first-order valence-corrected chi connectivity index (χ1v) is 11.2. The number of fused-ring (bicyclic) bond motifs is 1. The summed E-state index contributed by atoms with van der Waals surface area (Å²) in [7, 11) is 0. The molecule has 174 valence electrons. The van der Waals surface area contributed by atoms with Crippen LogP contribution in [0.15, 0.2) is 79.6 Å². The number of aromatic nitrogens is 3. The lowest BCUT2D eigenvalue weighted by molar-refractivity contribution is 0.0711. The summed E-state index contributed by atoms with van der Waals surface area (Å²) in [5.74, 6) is -0.403. The summed E-state index contributed by atoms with van der Waals surface area (Å²) >= 11 is 0. The van der Waals surface area contributed by atoms with Gasteiger partial charge in [-0.25, -0.2) is 0 Å². The number of anilines is 1. The number of nitrogens with zero attached hydrogens (tertiary/aromatic N) is 3. The molecule has 2 aromatic heterocycles. The predicted octanol–water partition coefficient (Wildman–Crippen LogP) is 4.83. The highest BCUT2D eigenvalue weighted by Gasteiger charge is 2.34. The minimum Gasteiger partial charge on any atom is -0.357 e. The monoisotopic (exact) mass is 455 g/mol. The highest BCUT2D eigenvalue weighted by Crippen LogP contribution is 2.32. The van der Waals surface area contributed by atoms with Crippen molar-refractivity contribution in [2.45, 2.75) is 32.9 Å². The molecule has 2 amide bonds. The largest absolute Gasteiger partial charge is 0.357 e. The van der Waals surface area contributed by atoms with Gasteiger partial charge in [-0.3, -0.25) is 14.3 Å². The number of carbonyl (C=O) groups excluding carboxylic acids is 2. The number of hydrogen-bond donors (Lipinski definition) is 2. The molecule has 0 fully saturated rings. The van der Waals surface area contributed by atoms with E-state index in [4.69, 9.17) is 5.10 Å². The van der Waals surface area contributed by atoms with Gasteiger partial charge in [0.1, 0.15) is 5.69 Å². The number of H-pyrrole nitrogens is 1. The second kappa shape index (κ2) is 9.79. The van der Waals surface area contributed by atoms with E-state index in [0.717, 1.165) is 22.4 Å². The third-order valence-corrected chi connectivity index (χ3v) is 5.83. The zero-order valence-corrected chi connectivity index (χ0v) is 19.5. The number of aromatic amines is 1. The topological polar surface area (TPSA) is 83.0 Å². The molecular formula is C27H29N5O2. The maximum absolute atomic E-state index is 13.3. The SMILES string of the molecule is C=C/C=C\C(=C)Cn1nc(C(=O)Nc2cccc(C)c2)c2c1[C@H](C)CN(C(=O)c1ccc[nH]1)C2. The Morgan fingerprint density at radius 3 is 2.82 bits per heavy atom. The van der Waals surface area contributed by atoms with Crippen LogP contribution in [0, 0.1) is 6.92 Å². The second-order valence-corrected chi connectivity index (χ2v) is 8.62. The van der Waals surface area contributed by atoms with Crippen LogP contribution in [0.2, 0.25) is 0 Å². The van der Waals surface area contributed by atoms with Gasteiger partial charge in [-0.15, -0.1) is 0 Å². The van der Waals surface area contributed by atoms with E-state index in [9.17, 15) is 9.59 Å². The molecule has 0 saturated heterocycles. The van der Waals surface area contributed by atoms with Gasteiger partial charge in [0, 0.05) is 35.6 Å². The van der Waals surface area contributed by atoms with E-state index in [-0.39, 0.29) is 17.7 Å². The average Bonchev–Trinajstić information content (AvgIpc) is 3.46. The molecule has 0 aliphatic carbocycles. The van der Waals surface area contributed by atoms with E-state index in [1.54, 1.807) is 29.3 Å². The third kappa shape index (κ3) is 4.78. The maximum Gasteiger partial charge on any atom is 0.276 e. The molecule has 4 rings (SSSR count). The lowest BCUT2D eigenvalue weighted by Crippen LogP contribution is -2.38. The summed E-state index contributed by atoms with van der Waals surface area (Å²) in [6.07, 6.45) is 7.12. The van der Waals surface area contributed by atoms with E-state index in [1.807, 2.05) is 48.0 Å². The lowest BCUT2D eigenvalue weighted by atomic mass is 9.95. The van der Waals surface area contributed by atoms with Gasteiger partial charge in [0.05, 0.1) is 13.1 Å². The van der Waals surface area contributed by atoms with E-state index >= 15 is 0 Å². The first-order valence-electron chi connectivity index (χ1n) is 11.2. The van der Waals surface area contributed by atoms with Crippen molar-refractivity contribution >= 4 is 17.5 Å².